The van der Waals surface area contributed by atoms with Crippen molar-refractivity contribution in [3.63, 3.8) is 0 Å². The van der Waals surface area contributed by atoms with E-state index < -0.39 is 22.1 Å². The van der Waals surface area contributed by atoms with Gasteiger partial charge < -0.3 is 14.5 Å². The zero-order valence-corrected chi connectivity index (χ0v) is 26.5. The summed E-state index contributed by atoms with van der Waals surface area (Å²) in [4.78, 5) is 31.9. The number of hydrazine groups is 1. The molecule has 2 aromatic rings. The van der Waals surface area contributed by atoms with Gasteiger partial charge in [-0.25, -0.2) is 23.0 Å². The summed E-state index contributed by atoms with van der Waals surface area (Å²) in [7, 11) is -4.23. The van der Waals surface area contributed by atoms with E-state index in [0.29, 0.717) is 22.3 Å². The van der Waals surface area contributed by atoms with Crippen LogP contribution in [0.5, 0.6) is 0 Å². The number of nitrogens with zero attached hydrogens (tertiary/aromatic N) is 4. The molecule has 0 spiro atoms. The van der Waals surface area contributed by atoms with E-state index in [1.165, 1.54) is 9.80 Å². The predicted octanol–water partition coefficient (Wildman–Crippen LogP) is 5.52. The van der Waals surface area contributed by atoms with Crippen LogP contribution < -0.4 is 4.83 Å². The number of piperazine rings is 1. The summed E-state index contributed by atoms with van der Waals surface area (Å²) < 4.78 is 33.6. The second-order valence-corrected chi connectivity index (χ2v) is 13.0. The van der Waals surface area contributed by atoms with Gasteiger partial charge in [0.2, 0.25) is 0 Å². The number of sulfonamides is 1. The molecule has 1 N–H and O–H groups in total. The molecule has 11 heteroatoms. The number of carbonyl (C=O) groups is 2. The molecule has 3 amide bonds. The number of nitriles is 1. The van der Waals surface area contributed by atoms with Crippen LogP contribution in [-0.4, -0.2) is 68.1 Å². The molecule has 0 unspecified atom stereocenters. The van der Waals surface area contributed by atoms with Crippen LogP contribution >= 0.6 is 0 Å². The quantitative estimate of drug-likeness (QED) is 0.380. The first kappa shape index (κ1) is 32.9. The Balaban J connectivity index is 2.03. The number of benzene rings is 2. The van der Waals surface area contributed by atoms with Gasteiger partial charge in [-0.05, 0) is 59.1 Å². The molecule has 1 fully saturated rings. The first-order valence-corrected chi connectivity index (χ1v) is 15.9. The van der Waals surface area contributed by atoms with Gasteiger partial charge in [0, 0.05) is 26.2 Å². The Morgan fingerprint density at radius 3 is 2.02 bits per heavy atom. The van der Waals surface area contributed by atoms with Gasteiger partial charge in [-0.15, -0.1) is 4.83 Å². The Hall–Kier alpha value is -3.62. The highest BCUT2D eigenvalue weighted by Crippen LogP contribution is 2.35. The van der Waals surface area contributed by atoms with Gasteiger partial charge in [0.05, 0.1) is 29.7 Å². The number of hydrogen-bond acceptors (Lipinski definition) is 6. The van der Waals surface area contributed by atoms with Crippen molar-refractivity contribution in [1.82, 2.24) is 19.6 Å². The minimum atomic E-state index is -4.23. The van der Waals surface area contributed by atoms with Gasteiger partial charge in [-0.3, -0.25) is 0 Å². The molecule has 10 nitrogen and oxygen atoms in total. The summed E-state index contributed by atoms with van der Waals surface area (Å²) >= 11 is 0. The van der Waals surface area contributed by atoms with Gasteiger partial charge >= 0.3 is 12.1 Å². The van der Waals surface area contributed by atoms with Crippen molar-refractivity contribution in [1.29, 1.82) is 5.26 Å². The fraction of sp³-hybridized carbons (Fsp3) is 0.516. The summed E-state index contributed by atoms with van der Waals surface area (Å²) in [6.07, 6.45) is -0.442. The highest BCUT2D eigenvalue weighted by atomic mass is 32.2. The van der Waals surface area contributed by atoms with E-state index in [0.717, 1.165) is 10.6 Å². The Labute approximate surface area is 250 Å². The van der Waals surface area contributed by atoms with Gasteiger partial charge in [-0.2, -0.15) is 5.26 Å². The Morgan fingerprint density at radius 1 is 0.952 bits per heavy atom. The van der Waals surface area contributed by atoms with E-state index in [1.54, 1.807) is 31.2 Å². The fourth-order valence-corrected chi connectivity index (χ4v) is 6.65. The number of amides is 3. The first-order valence-electron chi connectivity index (χ1n) is 14.5. The lowest BCUT2D eigenvalue weighted by Gasteiger charge is -2.37. The lowest BCUT2D eigenvalue weighted by Crippen LogP contribution is -2.57. The highest BCUT2D eigenvalue weighted by molar-refractivity contribution is 7.89. The molecule has 2 aromatic carbocycles. The van der Waals surface area contributed by atoms with Crippen molar-refractivity contribution in [2.75, 3.05) is 32.8 Å². The van der Waals surface area contributed by atoms with E-state index in [-0.39, 0.29) is 62.0 Å². The maximum atomic E-state index is 14.2. The van der Waals surface area contributed by atoms with E-state index in [1.807, 2.05) is 39.8 Å². The minimum absolute atomic E-state index is 0.0832. The summed E-state index contributed by atoms with van der Waals surface area (Å²) in [6, 6.07) is 12.2. The summed E-state index contributed by atoms with van der Waals surface area (Å²) in [6.45, 7) is 14.8. The van der Waals surface area contributed by atoms with Crippen LogP contribution in [0.3, 0.4) is 0 Å². The number of rotatable bonds is 9. The first-order chi connectivity index (χ1) is 19.8. The molecule has 0 aliphatic carbocycles. The average molecular weight is 598 g/mol. The molecule has 1 aliphatic rings. The predicted molar refractivity (Wildman–Crippen MR) is 161 cm³/mol. The number of nitrogens with one attached hydrogen (secondary N) is 1. The molecule has 1 heterocycles. The van der Waals surface area contributed by atoms with Crippen molar-refractivity contribution < 1.29 is 22.7 Å². The average Bonchev–Trinajstić information content (AvgIpc) is 2.95. The summed E-state index contributed by atoms with van der Waals surface area (Å²) in [5.74, 6) is 0.0452. The monoisotopic (exact) mass is 597 g/mol. The van der Waals surface area contributed by atoms with E-state index in [9.17, 15) is 23.3 Å². The lowest BCUT2D eigenvalue weighted by molar-refractivity contribution is 0.0761. The summed E-state index contributed by atoms with van der Waals surface area (Å²) in [5.41, 5.74) is 3.44. The molecule has 3 rings (SSSR count). The third kappa shape index (κ3) is 7.81. The van der Waals surface area contributed by atoms with E-state index >= 15 is 0 Å². The van der Waals surface area contributed by atoms with Crippen molar-refractivity contribution in [3.05, 3.63) is 64.2 Å². The molecule has 1 saturated heterocycles. The third-order valence-electron chi connectivity index (χ3n) is 7.28. The topological polar surface area (TPSA) is 123 Å². The third-order valence-corrected chi connectivity index (χ3v) is 8.75. The molecule has 42 heavy (non-hydrogen) atoms. The maximum Gasteiger partial charge on any atom is 0.409 e. The molecule has 0 bridgehead atoms. The van der Waals surface area contributed by atoms with Crippen molar-refractivity contribution >= 4 is 22.1 Å². The molecule has 0 radical (unpaired) electrons. The molecular weight excluding hydrogens is 554 g/mol. The van der Waals surface area contributed by atoms with Gasteiger partial charge in [0.25, 0.3) is 10.0 Å². The number of hydrogen-bond donors (Lipinski definition) is 1. The van der Waals surface area contributed by atoms with Gasteiger partial charge in [0.1, 0.15) is 0 Å². The van der Waals surface area contributed by atoms with Gasteiger partial charge in [0.15, 0.2) is 0 Å². The number of ether oxygens (including phenoxy) is 1. The zero-order chi connectivity index (χ0) is 31.2. The second-order valence-electron chi connectivity index (χ2n) is 11.4. The Morgan fingerprint density at radius 2 is 1.52 bits per heavy atom. The highest BCUT2D eigenvalue weighted by Gasteiger charge is 2.33. The number of carbonyl (C=O) groups excluding carboxylic acids is 2. The Bertz CT molecular complexity index is 1390. The van der Waals surface area contributed by atoms with Crippen LogP contribution in [-0.2, 0) is 21.3 Å². The van der Waals surface area contributed by atoms with Crippen molar-refractivity contribution in [2.45, 2.75) is 77.7 Å². The largest absolute Gasteiger partial charge is 0.450 e. The SMILES string of the molecule is CCOC(=O)N1CCN(C(=O)N(Cc2cccc(C#N)c2)NS(=O)(=O)c2c(C(C)C)cc(C(C)C)cc2C(C)C)CC1. The van der Waals surface area contributed by atoms with Crippen LogP contribution in [0.15, 0.2) is 41.3 Å². The van der Waals surface area contributed by atoms with Gasteiger partial charge in [-0.1, -0.05) is 65.8 Å². The smallest absolute Gasteiger partial charge is 0.409 e. The Kier molecular flexibility index (Phi) is 11.0. The van der Waals surface area contributed by atoms with Crippen molar-refractivity contribution in [3.8, 4) is 6.07 Å². The molecule has 0 atom stereocenters. The molecule has 0 aromatic heterocycles. The molecule has 0 saturated carbocycles. The fourth-order valence-electron chi connectivity index (χ4n) is 4.92. The number of urea groups is 1. The van der Waals surface area contributed by atoms with Crippen LogP contribution in [0.25, 0.3) is 0 Å². The normalized spacial score (nSPS) is 13.9. The second kappa shape index (κ2) is 14.0. The molecule has 1 aliphatic heterocycles. The zero-order valence-electron chi connectivity index (χ0n) is 25.7. The van der Waals surface area contributed by atoms with E-state index in [4.69, 9.17) is 4.74 Å². The summed E-state index contributed by atoms with van der Waals surface area (Å²) in [5, 5.41) is 10.5. The van der Waals surface area contributed by atoms with Crippen LogP contribution in [0, 0.1) is 11.3 Å². The van der Waals surface area contributed by atoms with Crippen LogP contribution in [0.1, 0.15) is 94.0 Å². The lowest BCUT2D eigenvalue weighted by atomic mass is 9.89. The molecule has 228 valence electrons. The standard InChI is InChI=1S/C31H43N5O5S/c1-8-41-31(38)35-14-12-34(13-15-35)30(37)36(20-25-11-9-10-24(16-25)19-32)33-42(39,40)29-27(22(4)5)17-26(21(2)3)18-28(29)23(6)7/h9-11,16-18,21-23,33H,8,12-15,20H2,1-7H3. The maximum absolute atomic E-state index is 14.2. The van der Waals surface area contributed by atoms with Crippen molar-refractivity contribution in [2.24, 2.45) is 0 Å². The minimum Gasteiger partial charge on any atom is -0.450 e. The van der Waals surface area contributed by atoms with Crippen LogP contribution in [0.2, 0.25) is 0 Å². The van der Waals surface area contributed by atoms with Crippen LogP contribution in [0.4, 0.5) is 9.59 Å². The van der Waals surface area contributed by atoms with E-state index in [2.05, 4.69) is 24.7 Å². The molecular formula is C31H43N5O5S.